The number of carbonyl (C=O) groups is 1. The van der Waals surface area contributed by atoms with Gasteiger partial charge in [0.05, 0.1) is 12.3 Å². The van der Waals surface area contributed by atoms with Gasteiger partial charge in [-0.1, -0.05) is 36.4 Å². The van der Waals surface area contributed by atoms with Crippen LogP contribution in [0.4, 0.5) is 0 Å². The summed E-state index contributed by atoms with van der Waals surface area (Å²) < 4.78 is 11.6. The van der Waals surface area contributed by atoms with Gasteiger partial charge in [0.1, 0.15) is 17.8 Å². The molecule has 0 amide bonds. The Kier molecular flexibility index (Phi) is 5.06. The largest absolute Gasteiger partial charge is 0.493 e. The summed E-state index contributed by atoms with van der Waals surface area (Å²) in [7, 11) is 0. The Bertz CT molecular complexity index is 809. The van der Waals surface area contributed by atoms with Crippen molar-refractivity contribution in [3.63, 3.8) is 0 Å². The smallest absolute Gasteiger partial charge is 0.226 e. The Morgan fingerprint density at radius 3 is 2.62 bits per heavy atom. The number of aromatic nitrogens is 1. The standard InChI is InChI=1S/C20H19NO3/c1-15-18(21-20(24-15)17-8-3-2-4-9-17)12-14-23-19-10-6-5-7-16(19)11-13-22/h2-10,13H,11-12,14H2,1H3. The van der Waals surface area contributed by atoms with E-state index in [0.29, 0.717) is 25.3 Å². The molecule has 0 spiro atoms. The number of hydrogen-bond donors (Lipinski definition) is 0. The molecule has 0 aliphatic carbocycles. The van der Waals surface area contributed by atoms with Gasteiger partial charge in [-0.15, -0.1) is 0 Å². The van der Waals surface area contributed by atoms with E-state index in [-0.39, 0.29) is 0 Å². The molecule has 1 aromatic heterocycles. The fourth-order valence-corrected chi connectivity index (χ4v) is 2.52. The van der Waals surface area contributed by atoms with Crippen molar-refractivity contribution >= 4 is 6.29 Å². The monoisotopic (exact) mass is 321 g/mol. The molecular weight excluding hydrogens is 302 g/mol. The summed E-state index contributed by atoms with van der Waals surface area (Å²) in [5.41, 5.74) is 2.75. The van der Waals surface area contributed by atoms with Crippen molar-refractivity contribution in [3.8, 4) is 17.2 Å². The van der Waals surface area contributed by atoms with Gasteiger partial charge in [-0.3, -0.25) is 0 Å². The molecule has 0 fully saturated rings. The zero-order chi connectivity index (χ0) is 16.8. The van der Waals surface area contributed by atoms with Gasteiger partial charge in [0.15, 0.2) is 0 Å². The molecule has 0 saturated carbocycles. The average Bonchev–Trinajstić information content (AvgIpc) is 2.98. The summed E-state index contributed by atoms with van der Waals surface area (Å²) in [4.78, 5) is 15.3. The highest BCUT2D eigenvalue weighted by Crippen LogP contribution is 2.22. The van der Waals surface area contributed by atoms with Crippen LogP contribution >= 0.6 is 0 Å². The molecule has 3 rings (SSSR count). The lowest BCUT2D eigenvalue weighted by molar-refractivity contribution is -0.107. The molecule has 0 aliphatic rings. The van der Waals surface area contributed by atoms with Crippen LogP contribution in [-0.2, 0) is 17.6 Å². The Balaban J connectivity index is 1.66. The maximum Gasteiger partial charge on any atom is 0.226 e. The summed E-state index contributed by atoms with van der Waals surface area (Å²) in [6.07, 6.45) is 1.89. The number of ether oxygens (including phenoxy) is 1. The highest BCUT2D eigenvalue weighted by Gasteiger charge is 2.11. The second-order valence-corrected chi connectivity index (χ2v) is 5.46. The van der Waals surface area contributed by atoms with E-state index in [2.05, 4.69) is 4.98 Å². The van der Waals surface area contributed by atoms with Gasteiger partial charge in [0, 0.05) is 24.0 Å². The number of para-hydroxylation sites is 1. The molecule has 4 nitrogen and oxygen atoms in total. The molecule has 0 atom stereocenters. The van der Waals surface area contributed by atoms with Crippen LogP contribution in [-0.4, -0.2) is 17.9 Å². The second-order valence-electron chi connectivity index (χ2n) is 5.46. The third kappa shape index (κ3) is 3.71. The molecule has 2 aromatic carbocycles. The molecule has 0 bridgehead atoms. The summed E-state index contributed by atoms with van der Waals surface area (Å²) >= 11 is 0. The van der Waals surface area contributed by atoms with Crippen molar-refractivity contribution in [1.29, 1.82) is 0 Å². The molecule has 0 unspecified atom stereocenters. The topological polar surface area (TPSA) is 52.3 Å². The zero-order valence-electron chi connectivity index (χ0n) is 13.6. The number of benzene rings is 2. The van der Waals surface area contributed by atoms with Crippen molar-refractivity contribution in [3.05, 3.63) is 71.6 Å². The van der Waals surface area contributed by atoms with E-state index >= 15 is 0 Å². The normalized spacial score (nSPS) is 10.5. The van der Waals surface area contributed by atoms with Crippen molar-refractivity contribution < 1.29 is 13.9 Å². The minimum absolute atomic E-state index is 0.358. The summed E-state index contributed by atoms with van der Waals surface area (Å²) in [5, 5.41) is 0. The number of rotatable bonds is 7. The second kappa shape index (κ2) is 7.59. The number of aryl methyl sites for hydroxylation is 1. The molecule has 1 heterocycles. The Labute approximate surface area is 141 Å². The van der Waals surface area contributed by atoms with E-state index in [0.717, 1.165) is 34.6 Å². The van der Waals surface area contributed by atoms with Gasteiger partial charge in [-0.05, 0) is 25.1 Å². The van der Waals surface area contributed by atoms with E-state index in [4.69, 9.17) is 9.15 Å². The summed E-state index contributed by atoms with van der Waals surface area (Å²) in [5.74, 6) is 2.18. The molecule has 0 saturated heterocycles. The van der Waals surface area contributed by atoms with E-state index < -0.39 is 0 Å². The molecule has 4 heteroatoms. The van der Waals surface area contributed by atoms with E-state index in [1.54, 1.807) is 0 Å². The molecule has 24 heavy (non-hydrogen) atoms. The highest BCUT2D eigenvalue weighted by molar-refractivity contribution is 5.57. The lowest BCUT2D eigenvalue weighted by Gasteiger charge is -2.09. The Hall–Kier alpha value is -2.88. The molecule has 0 N–H and O–H groups in total. The quantitative estimate of drug-likeness (QED) is 0.617. The number of nitrogens with zero attached hydrogens (tertiary/aromatic N) is 1. The van der Waals surface area contributed by atoms with Crippen molar-refractivity contribution in [2.45, 2.75) is 19.8 Å². The fourth-order valence-electron chi connectivity index (χ4n) is 2.52. The predicted molar refractivity (Wildman–Crippen MR) is 92.1 cm³/mol. The molecule has 122 valence electrons. The minimum Gasteiger partial charge on any atom is -0.493 e. The van der Waals surface area contributed by atoms with Gasteiger partial charge in [-0.2, -0.15) is 0 Å². The first kappa shape index (κ1) is 16.0. The van der Waals surface area contributed by atoms with Crippen molar-refractivity contribution in [2.75, 3.05) is 6.61 Å². The summed E-state index contributed by atoms with van der Waals surface area (Å²) in [6, 6.07) is 17.4. The van der Waals surface area contributed by atoms with Crippen LogP contribution < -0.4 is 4.74 Å². The van der Waals surface area contributed by atoms with Gasteiger partial charge in [-0.25, -0.2) is 4.98 Å². The molecular formula is C20H19NO3. The fraction of sp³-hybridized carbons (Fsp3) is 0.200. The first-order valence-electron chi connectivity index (χ1n) is 7.94. The van der Waals surface area contributed by atoms with Gasteiger partial charge >= 0.3 is 0 Å². The lowest BCUT2D eigenvalue weighted by atomic mass is 10.1. The van der Waals surface area contributed by atoms with Crippen LogP contribution in [0.3, 0.4) is 0 Å². The van der Waals surface area contributed by atoms with E-state index in [1.165, 1.54) is 0 Å². The minimum atomic E-state index is 0.358. The van der Waals surface area contributed by atoms with Crippen LogP contribution in [0.15, 0.2) is 59.0 Å². The van der Waals surface area contributed by atoms with Crippen molar-refractivity contribution in [2.24, 2.45) is 0 Å². The average molecular weight is 321 g/mol. The first-order valence-corrected chi connectivity index (χ1v) is 7.94. The van der Waals surface area contributed by atoms with Crippen LogP contribution in [0.25, 0.3) is 11.5 Å². The van der Waals surface area contributed by atoms with Gasteiger partial charge < -0.3 is 13.9 Å². The van der Waals surface area contributed by atoms with Crippen LogP contribution in [0.5, 0.6) is 5.75 Å². The number of aldehydes is 1. The Morgan fingerprint density at radius 2 is 1.83 bits per heavy atom. The number of carbonyl (C=O) groups excluding carboxylic acids is 1. The van der Waals surface area contributed by atoms with Gasteiger partial charge in [0.25, 0.3) is 0 Å². The predicted octanol–water partition coefficient (Wildman–Crippen LogP) is 4.01. The molecule has 0 radical (unpaired) electrons. The SMILES string of the molecule is Cc1oc(-c2ccccc2)nc1CCOc1ccccc1CC=O. The Morgan fingerprint density at radius 1 is 1.08 bits per heavy atom. The number of oxazole rings is 1. The third-order valence-electron chi connectivity index (χ3n) is 3.79. The maximum atomic E-state index is 10.7. The van der Waals surface area contributed by atoms with Crippen molar-refractivity contribution in [1.82, 2.24) is 4.98 Å². The molecule has 3 aromatic rings. The van der Waals surface area contributed by atoms with E-state index in [1.807, 2.05) is 61.5 Å². The van der Waals surface area contributed by atoms with Crippen LogP contribution in [0, 0.1) is 6.92 Å². The van der Waals surface area contributed by atoms with Gasteiger partial charge in [0.2, 0.25) is 5.89 Å². The number of hydrogen-bond acceptors (Lipinski definition) is 4. The maximum absolute atomic E-state index is 10.7. The lowest BCUT2D eigenvalue weighted by Crippen LogP contribution is -2.04. The van der Waals surface area contributed by atoms with E-state index in [9.17, 15) is 4.79 Å². The van der Waals surface area contributed by atoms with Crippen LogP contribution in [0.1, 0.15) is 17.0 Å². The zero-order valence-corrected chi connectivity index (χ0v) is 13.6. The summed E-state index contributed by atoms with van der Waals surface area (Å²) in [6.45, 7) is 2.40. The highest BCUT2D eigenvalue weighted by atomic mass is 16.5. The first-order chi connectivity index (χ1) is 11.8. The van der Waals surface area contributed by atoms with Crippen LogP contribution in [0.2, 0.25) is 0 Å². The molecule has 0 aliphatic heterocycles. The third-order valence-corrected chi connectivity index (χ3v) is 3.79.